The van der Waals surface area contributed by atoms with Gasteiger partial charge in [0.2, 0.25) is 10.1 Å². The summed E-state index contributed by atoms with van der Waals surface area (Å²) in [5, 5.41) is 16.8. The summed E-state index contributed by atoms with van der Waals surface area (Å²) in [4.78, 5) is 10.6. The normalized spacial score (nSPS) is 17.5. The lowest BCUT2D eigenvalue weighted by molar-refractivity contribution is -0.138. The van der Waals surface area contributed by atoms with Crippen molar-refractivity contribution in [1.29, 1.82) is 0 Å². The quantitative estimate of drug-likeness (QED) is 0.865. The number of rotatable bonds is 5. The van der Waals surface area contributed by atoms with Gasteiger partial charge in [0.25, 0.3) is 0 Å². The molecule has 1 unspecified atom stereocenters. The fourth-order valence-corrected chi connectivity index (χ4v) is 2.25. The highest BCUT2D eigenvalue weighted by molar-refractivity contribution is 7.15. The molecule has 5 nitrogen and oxygen atoms in total. The number of anilines is 1. The van der Waals surface area contributed by atoms with Crippen LogP contribution in [0.5, 0.6) is 0 Å². The van der Waals surface area contributed by atoms with Crippen LogP contribution in [-0.4, -0.2) is 27.3 Å². The van der Waals surface area contributed by atoms with E-state index in [9.17, 15) is 18.0 Å². The first-order valence-corrected chi connectivity index (χ1v) is 6.07. The van der Waals surface area contributed by atoms with Crippen LogP contribution >= 0.6 is 11.3 Å². The molecule has 9 heteroatoms. The van der Waals surface area contributed by atoms with E-state index >= 15 is 0 Å². The lowest BCUT2D eigenvalue weighted by Gasteiger charge is -2.14. The molecule has 0 radical (unpaired) electrons. The number of nitrogens with one attached hydrogen (secondary N) is 1. The third-order valence-corrected chi connectivity index (χ3v) is 3.46. The van der Waals surface area contributed by atoms with Crippen molar-refractivity contribution in [1.82, 2.24) is 10.2 Å². The van der Waals surface area contributed by atoms with Crippen LogP contribution in [0.3, 0.4) is 0 Å². The number of aliphatic carboxylic acids is 1. The Hall–Kier alpha value is -1.38. The summed E-state index contributed by atoms with van der Waals surface area (Å²) in [6.07, 6.45) is -2.88. The van der Waals surface area contributed by atoms with E-state index in [0.717, 1.165) is 12.8 Å². The van der Waals surface area contributed by atoms with Crippen LogP contribution in [0.1, 0.15) is 24.3 Å². The molecule has 0 spiro atoms. The Morgan fingerprint density at radius 1 is 1.50 bits per heavy atom. The molecule has 1 aliphatic carbocycles. The summed E-state index contributed by atoms with van der Waals surface area (Å²) in [7, 11) is 0. The minimum absolute atomic E-state index is 0.0143. The minimum Gasteiger partial charge on any atom is -0.481 e. The van der Waals surface area contributed by atoms with Crippen molar-refractivity contribution in [2.45, 2.75) is 31.5 Å². The molecular weight excluding hydrogens is 271 g/mol. The second kappa shape index (κ2) is 4.71. The van der Waals surface area contributed by atoms with Crippen LogP contribution in [-0.2, 0) is 11.0 Å². The number of alkyl halides is 3. The van der Waals surface area contributed by atoms with E-state index in [1.54, 1.807) is 0 Å². The van der Waals surface area contributed by atoms with Crippen molar-refractivity contribution in [2.75, 3.05) is 5.32 Å². The predicted octanol–water partition coefficient (Wildman–Crippen LogP) is 2.22. The molecule has 0 aromatic carbocycles. The Morgan fingerprint density at radius 2 is 2.17 bits per heavy atom. The van der Waals surface area contributed by atoms with E-state index in [-0.39, 0.29) is 23.5 Å². The zero-order valence-electron chi connectivity index (χ0n) is 9.07. The van der Waals surface area contributed by atoms with Crippen LogP contribution in [0.15, 0.2) is 0 Å². The summed E-state index contributed by atoms with van der Waals surface area (Å²) in [6, 6.07) is -0.378. The Kier molecular flexibility index (Phi) is 3.42. The van der Waals surface area contributed by atoms with Gasteiger partial charge in [-0.15, -0.1) is 10.2 Å². The first-order chi connectivity index (χ1) is 8.36. The van der Waals surface area contributed by atoms with Gasteiger partial charge >= 0.3 is 12.1 Å². The molecule has 2 rings (SSSR count). The number of hydrogen-bond acceptors (Lipinski definition) is 5. The molecule has 100 valence electrons. The van der Waals surface area contributed by atoms with Gasteiger partial charge in [-0.25, -0.2) is 0 Å². The Morgan fingerprint density at radius 3 is 2.61 bits per heavy atom. The fourth-order valence-electron chi connectivity index (χ4n) is 1.58. The van der Waals surface area contributed by atoms with E-state index in [2.05, 4.69) is 15.5 Å². The van der Waals surface area contributed by atoms with E-state index in [4.69, 9.17) is 5.11 Å². The van der Waals surface area contributed by atoms with E-state index in [0.29, 0.717) is 11.3 Å². The molecule has 1 saturated carbocycles. The maximum absolute atomic E-state index is 12.3. The average Bonchev–Trinajstić information content (AvgIpc) is 2.96. The lowest BCUT2D eigenvalue weighted by atomic mass is 10.1. The van der Waals surface area contributed by atoms with E-state index in [1.165, 1.54) is 0 Å². The Bertz CT molecular complexity index is 445. The third-order valence-electron chi connectivity index (χ3n) is 2.56. The van der Waals surface area contributed by atoms with Crippen molar-refractivity contribution in [2.24, 2.45) is 5.92 Å². The molecular formula is C9H10F3N3O2S. The van der Waals surface area contributed by atoms with Crippen LogP contribution in [0.25, 0.3) is 0 Å². The maximum atomic E-state index is 12.3. The largest absolute Gasteiger partial charge is 0.481 e. The molecule has 1 aliphatic rings. The zero-order valence-corrected chi connectivity index (χ0v) is 9.88. The topological polar surface area (TPSA) is 75.1 Å². The summed E-state index contributed by atoms with van der Waals surface area (Å²) in [6.45, 7) is 0. The lowest BCUT2D eigenvalue weighted by Crippen LogP contribution is -2.25. The van der Waals surface area contributed by atoms with Gasteiger partial charge in [-0.05, 0) is 18.8 Å². The smallest absolute Gasteiger partial charge is 0.445 e. The molecule has 1 atom stereocenters. The van der Waals surface area contributed by atoms with Crippen molar-refractivity contribution >= 4 is 22.4 Å². The molecule has 1 fully saturated rings. The van der Waals surface area contributed by atoms with Crippen molar-refractivity contribution in [3.63, 3.8) is 0 Å². The number of carboxylic acids is 1. The Balaban J connectivity index is 2.02. The monoisotopic (exact) mass is 281 g/mol. The highest BCUT2D eigenvalue weighted by Crippen LogP contribution is 2.37. The van der Waals surface area contributed by atoms with Crippen molar-refractivity contribution in [3.8, 4) is 0 Å². The maximum Gasteiger partial charge on any atom is 0.445 e. The number of halogens is 3. The van der Waals surface area contributed by atoms with Crippen LogP contribution in [0.4, 0.5) is 18.3 Å². The molecule has 0 amide bonds. The molecule has 18 heavy (non-hydrogen) atoms. The second-order valence-electron chi connectivity index (χ2n) is 4.10. The summed E-state index contributed by atoms with van der Waals surface area (Å²) >= 11 is 0.389. The summed E-state index contributed by atoms with van der Waals surface area (Å²) in [5.41, 5.74) is 0. The van der Waals surface area contributed by atoms with Gasteiger partial charge in [-0.2, -0.15) is 13.2 Å². The minimum atomic E-state index is -4.51. The highest BCUT2D eigenvalue weighted by Gasteiger charge is 2.37. The SMILES string of the molecule is O=C(O)CC(Nc1nnc(C(F)(F)F)s1)C1CC1. The summed E-state index contributed by atoms with van der Waals surface area (Å²) < 4.78 is 36.9. The van der Waals surface area contributed by atoms with Crippen LogP contribution < -0.4 is 5.32 Å². The average molecular weight is 281 g/mol. The molecule has 2 N–H and O–H groups in total. The molecule has 1 aromatic heterocycles. The number of hydrogen-bond donors (Lipinski definition) is 2. The second-order valence-corrected chi connectivity index (χ2v) is 5.07. The zero-order chi connectivity index (χ0) is 13.3. The van der Waals surface area contributed by atoms with Gasteiger partial charge in [-0.3, -0.25) is 4.79 Å². The van der Waals surface area contributed by atoms with Gasteiger partial charge in [-0.1, -0.05) is 11.3 Å². The molecule has 0 aliphatic heterocycles. The third kappa shape index (κ3) is 3.31. The number of carbonyl (C=O) groups is 1. The molecule has 0 saturated heterocycles. The van der Waals surface area contributed by atoms with Crippen molar-refractivity contribution < 1.29 is 23.1 Å². The molecule has 1 aromatic rings. The first-order valence-electron chi connectivity index (χ1n) is 5.25. The van der Waals surface area contributed by atoms with Gasteiger partial charge in [0.05, 0.1) is 6.42 Å². The van der Waals surface area contributed by atoms with Gasteiger partial charge in [0.1, 0.15) is 0 Å². The van der Waals surface area contributed by atoms with Crippen LogP contribution in [0, 0.1) is 5.92 Å². The summed E-state index contributed by atoms with van der Waals surface area (Å²) in [5.74, 6) is -0.792. The van der Waals surface area contributed by atoms with Gasteiger partial charge < -0.3 is 10.4 Å². The van der Waals surface area contributed by atoms with Crippen LogP contribution in [0.2, 0.25) is 0 Å². The standard InChI is InChI=1S/C9H10F3N3O2S/c10-9(11,12)7-14-15-8(18-7)13-5(3-6(16)17)4-1-2-4/h4-5H,1-3H2,(H,13,15)(H,16,17). The van der Waals surface area contributed by atoms with Gasteiger partial charge in [0.15, 0.2) is 0 Å². The predicted molar refractivity (Wildman–Crippen MR) is 57.3 cm³/mol. The number of aromatic nitrogens is 2. The van der Waals surface area contributed by atoms with E-state index < -0.39 is 17.2 Å². The molecule has 0 bridgehead atoms. The number of carboxylic acid groups (broad SMARTS) is 1. The highest BCUT2D eigenvalue weighted by atomic mass is 32.1. The first kappa shape index (κ1) is 13.1. The number of nitrogens with zero attached hydrogens (tertiary/aromatic N) is 2. The van der Waals surface area contributed by atoms with Crippen molar-refractivity contribution in [3.05, 3.63) is 5.01 Å². The van der Waals surface area contributed by atoms with Gasteiger partial charge in [0, 0.05) is 6.04 Å². The Labute approximate surface area is 104 Å². The fraction of sp³-hybridized carbons (Fsp3) is 0.667. The van der Waals surface area contributed by atoms with E-state index in [1.807, 2.05) is 0 Å². The molecule has 1 heterocycles.